The van der Waals surface area contributed by atoms with Crippen LogP contribution in [0.15, 0.2) is 24.5 Å². The number of amides is 1. The SMILES string of the molecule is Cc1nc(-c2ccncc2)sc1C(=O)NC12CC3CC(CC(C3)C1)C2. The Bertz CT molecular complexity index is 778. The Kier molecular flexibility index (Phi) is 3.49. The molecule has 2 aromatic heterocycles. The fourth-order valence-corrected chi connectivity index (χ4v) is 6.75. The van der Waals surface area contributed by atoms with E-state index in [9.17, 15) is 4.79 Å². The van der Waals surface area contributed by atoms with Crippen molar-refractivity contribution in [3.8, 4) is 10.6 Å². The third kappa shape index (κ3) is 2.69. The lowest BCUT2D eigenvalue weighted by molar-refractivity contribution is -0.0166. The minimum Gasteiger partial charge on any atom is -0.346 e. The van der Waals surface area contributed by atoms with Gasteiger partial charge < -0.3 is 5.32 Å². The highest BCUT2D eigenvalue weighted by Crippen LogP contribution is 2.55. The lowest BCUT2D eigenvalue weighted by atomic mass is 9.53. The Labute approximate surface area is 152 Å². The van der Waals surface area contributed by atoms with Crippen LogP contribution >= 0.6 is 11.3 Å². The zero-order valence-corrected chi connectivity index (χ0v) is 15.3. The van der Waals surface area contributed by atoms with Gasteiger partial charge in [0.25, 0.3) is 5.91 Å². The quantitative estimate of drug-likeness (QED) is 0.899. The molecule has 4 aliphatic carbocycles. The average Bonchev–Trinajstić information content (AvgIpc) is 2.96. The molecule has 5 heteroatoms. The maximum Gasteiger partial charge on any atom is 0.263 e. The van der Waals surface area contributed by atoms with Gasteiger partial charge in [0.05, 0.1) is 5.69 Å². The second-order valence-electron chi connectivity index (χ2n) is 8.32. The van der Waals surface area contributed by atoms with Crippen LogP contribution in [0.3, 0.4) is 0 Å². The molecule has 1 N–H and O–H groups in total. The number of hydrogen-bond acceptors (Lipinski definition) is 4. The van der Waals surface area contributed by atoms with Crippen molar-refractivity contribution in [3.63, 3.8) is 0 Å². The molecule has 6 rings (SSSR count). The number of pyridine rings is 1. The minimum absolute atomic E-state index is 0.0547. The van der Waals surface area contributed by atoms with E-state index < -0.39 is 0 Å². The second kappa shape index (κ2) is 5.63. The highest BCUT2D eigenvalue weighted by Gasteiger charge is 2.51. The summed E-state index contributed by atoms with van der Waals surface area (Å²) in [5.74, 6) is 2.58. The van der Waals surface area contributed by atoms with Crippen molar-refractivity contribution in [1.29, 1.82) is 0 Å². The minimum atomic E-state index is 0.0547. The van der Waals surface area contributed by atoms with Crippen molar-refractivity contribution in [2.75, 3.05) is 0 Å². The summed E-state index contributed by atoms with van der Waals surface area (Å²) in [6.45, 7) is 1.94. The molecule has 0 spiro atoms. The molecule has 0 saturated heterocycles. The highest BCUT2D eigenvalue weighted by molar-refractivity contribution is 7.17. The number of carbonyl (C=O) groups excluding carboxylic acids is 1. The molecule has 0 aromatic carbocycles. The van der Waals surface area contributed by atoms with Gasteiger partial charge in [0.2, 0.25) is 0 Å². The van der Waals surface area contributed by atoms with E-state index in [-0.39, 0.29) is 11.4 Å². The molecule has 0 unspecified atom stereocenters. The average molecular weight is 353 g/mol. The van der Waals surface area contributed by atoms with Gasteiger partial charge in [0.1, 0.15) is 9.88 Å². The molecule has 2 heterocycles. The highest BCUT2D eigenvalue weighted by atomic mass is 32.1. The molecule has 4 aliphatic rings. The first-order chi connectivity index (χ1) is 12.1. The van der Waals surface area contributed by atoms with Gasteiger partial charge in [-0.2, -0.15) is 0 Å². The molecule has 4 fully saturated rings. The van der Waals surface area contributed by atoms with Gasteiger partial charge >= 0.3 is 0 Å². The predicted octanol–water partition coefficient (Wildman–Crippen LogP) is 4.21. The summed E-state index contributed by atoms with van der Waals surface area (Å²) in [6.07, 6.45) is 11.2. The first-order valence-electron chi connectivity index (χ1n) is 9.30. The Morgan fingerprint density at radius 3 is 2.32 bits per heavy atom. The van der Waals surface area contributed by atoms with E-state index >= 15 is 0 Å². The summed E-state index contributed by atoms with van der Waals surface area (Å²) >= 11 is 1.50. The van der Waals surface area contributed by atoms with E-state index in [1.54, 1.807) is 12.4 Å². The fourth-order valence-electron chi connectivity index (χ4n) is 5.79. The largest absolute Gasteiger partial charge is 0.346 e. The molecule has 0 radical (unpaired) electrons. The molecule has 4 nitrogen and oxygen atoms in total. The maximum atomic E-state index is 13.0. The lowest BCUT2D eigenvalue weighted by Crippen LogP contribution is -2.59. The third-order valence-corrected chi connectivity index (χ3v) is 7.55. The maximum absolute atomic E-state index is 13.0. The van der Waals surface area contributed by atoms with Gasteiger partial charge in [-0.3, -0.25) is 9.78 Å². The number of nitrogens with one attached hydrogen (secondary N) is 1. The van der Waals surface area contributed by atoms with Gasteiger partial charge in [-0.05, 0) is 75.3 Å². The smallest absolute Gasteiger partial charge is 0.263 e. The van der Waals surface area contributed by atoms with Crippen LogP contribution in [0.2, 0.25) is 0 Å². The summed E-state index contributed by atoms with van der Waals surface area (Å²) in [6, 6.07) is 3.89. The predicted molar refractivity (Wildman–Crippen MR) is 98.5 cm³/mol. The van der Waals surface area contributed by atoms with Crippen LogP contribution in [0.25, 0.3) is 10.6 Å². The Hall–Kier alpha value is -1.75. The molecule has 4 bridgehead atoms. The standard InChI is InChI=1S/C20H23N3OS/c1-12-17(25-19(22-12)16-2-4-21-5-3-16)18(24)23-20-9-13-6-14(10-20)8-15(7-13)11-20/h2-5,13-15H,6-11H2,1H3,(H,23,24). The molecular formula is C20H23N3OS. The molecule has 25 heavy (non-hydrogen) atoms. The zero-order valence-electron chi connectivity index (χ0n) is 14.5. The number of hydrogen-bond donors (Lipinski definition) is 1. The Morgan fingerprint density at radius 2 is 1.72 bits per heavy atom. The number of thiazole rings is 1. The van der Waals surface area contributed by atoms with Crippen LogP contribution in [0.5, 0.6) is 0 Å². The van der Waals surface area contributed by atoms with Crippen LogP contribution in [0.4, 0.5) is 0 Å². The molecule has 2 aromatic rings. The van der Waals surface area contributed by atoms with Gasteiger partial charge in [0, 0.05) is 23.5 Å². The second-order valence-corrected chi connectivity index (χ2v) is 9.32. The molecule has 4 saturated carbocycles. The molecule has 0 aliphatic heterocycles. The molecule has 130 valence electrons. The van der Waals surface area contributed by atoms with Crippen LogP contribution in [0, 0.1) is 24.7 Å². The first kappa shape index (κ1) is 15.5. The van der Waals surface area contributed by atoms with Crippen molar-refractivity contribution in [3.05, 3.63) is 35.1 Å². The fraction of sp³-hybridized carbons (Fsp3) is 0.550. The van der Waals surface area contributed by atoms with Gasteiger partial charge in [-0.25, -0.2) is 4.98 Å². The summed E-state index contributed by atoms with van der Waals surface area (Å²) in [5, 5.41) is 4.36. The van der Waals surface area contributed by atoms with Crippen LogP contribution in [-0.2, 0) is 0 Å². The summed E-state index contributed by atoms with van der Waals surface area (Å²) < 4.78 is 0. The van der Waals surface area contributed by atoms with Crippen molar-refractivity contribution >= 4 is 17.2 Å². The molecule has 0 atom stereocenters. The Morgan fingerprint density at radius 1 is 1.12 bits per heavy atom. The summed E-state index contributed by atoms with van der Waals surface area (Å²) in [4.78, 5) is 22.5. The van der Waals surface area contributed by atoms with Crippen molar-refractivity contribution < 1.29 is 4.79 Å². The van der Waals surface area contributed by atoms with E-state index in [1.807, 2.05) is 19.1 Å². The Balaban J connectivity index is 1.39. The normalized spacial score (nSPS) is 32.8. The van der Waals surface area contributed by atoms with Crippen LogP contribution in [0.1, 0.15) is 53.9 Å². The van der Waals surface area contributed by atoms with Crippen LogP contribution < -0.4 is 5.32 Å². The van der Waals surface area contributed by atoms with E-state index in [2.05, 4.69) is 15.3 Å². The molecular weight excluding hydrogens is 330 g/mol. The lowest BCUT2D eigenvalue weighted by Gasteiger charge is -2.56. The number of carbonyl (C=O) groups is 1. The van der Waals surface area contributed by atoms with Gasteiger partial charge in [-0.1, -0.05) is 0 Å². The monoisotopic (exact) mass is 353 g/mol. The van der Waals surface area contributed by atoms with E-state index in [0.29, 0.717) is 0 Å². The first-order valence-corrected chi connectivity index (χ1v) is 10.1. The summed E-state index contributed by atoms with van der Waals surface area (Å²) in [7, 11) is 0. The number of nitrogens with zero attached hydrogens (tertiary/aromatic N) is 2. The van der Waals surface area contributed by atoms with E-state index in [4.69, 9.17) is 0 Å². The number of rotatable bonds is 3. The van der Waals surface area contributed by atoms with E-state index in [0.717, 1.165) is 38.9 Å². The summed E-state index contributed by atoms with van der Waals surface area (Å²) in [5.41, 5.74) is 1.91. The van der Waals surface area contributed by atoms with Gasteiger partial charge in [0.15, 0.2) is 0 Å². The van der Waals surface area contributed by atoms with E-state index in [1.165, 1.54) is 49.9 Å². The molecule has 1 amide bonds. The van der Waals surface area contributed by atoms with Crippen molar-refractivity contribution in [1.82, 2.24) is 15.3 Å². The number of aromatic nitrogens is 2. The zero-order chi connectivity index (χ0) is 17.0. The van der Waals surface area contributed by atoms with Crippen molar-refractivity contribution in [2.24, 2.45) is 17.8 Å². The third-order valence-electron chi connectivity index (χ3n) is 6.35. The topological polar surface area (TPSA) is 54.9 Å². The number of aryl methyl sites for hydroxylation is 1. The van der Waals surface area contributed by atoms with Crippen molar-refractivity contribution in [2.45, 2.75) is 51.0 Å². The van der Waals surface area contributed by atoms with Gasteiger partial charge in [-0.15, -0.1) is 11.3 Å². The van der Waals surface area contributed by atoms with Crippen LogP contribution in [-0.4, -0.2) is 21.4 Å².